The lowest BCUT2D eigenvalue weighted by atomic mass is 10.4. The van der Waals surface area contributed by atoms with Gasteiger partial charge in [-0.05, 0) is 6.07 Å². The molecule has 7 nitrogen and oxygen atoms in total. The van der Waals surface area contributed by atoms with Gasteiger partial charge in [-0.1, -0.05) is 23.4 Å². The zero-order valence-electron chi connectivity index (χ0n) is 11.2. The van der Waals surface area contributed by atoms with Crippen LogP contribution in [-0.2, 0) is 16.1 Å². The Kier molecular flexibility index (Phi) is 5.03. The van der Waals surface area contributed by atoms with Gasteiger partial charge in [0.1, 0.15) is 5.52 Å². The summed E-state index contributed by atoms with van der Waals surface area (Å²) in [6, 6.07) is 1.67. The largest absolute Gasteiger partial charge is 0.481 e. The molecule has 2 rings (SSSR count). The van der Waals surface area contributed by atoms with Crippen molar-refractivity contribution in [2.24, 2.45) is 0 Å². The highest BCUT2D eigenvalue weighted by atomic mass is 35.5. The summed E-state index contributed by atoms with van der Waals surface area (Å²) in [5, 5.41) is 12.5. The minimum atomic E-state index is -0.925. The van der Waals surface area contributed by atoms with E-state index in [1.807, 2.05) is 0 Å². The van der Waals surface area contributed by atoms with Gasteiger partial charge < -0.3 is 15.0 Å². The molecule has 0 radical (unpaired) electrons. The number of halogens is 1. The minimum Gasteiger partial charge on any atom is -0.481 e. The molecule has 0 atom stereocenters. The summed E-state index contributed by atoms with van der Waals surface area (Å²) in [5.41, 5.74) is 1.20. The van der Waals surface area contributed by atoms with Gasteiger partial charge in [0.2, 0.25) is 5.91 Å². The molecule has 0 unspecified atom stereocenters. The molecule has 2 aromatic rings. The molecule has 0 saturated carbocycles. The molecule has 112 valence electrons. The van der Waals surface area contributed by atoms with Crippen molar-refractivity contribution in [1.29, 1.82) is 0 Å². The maximum absolute atomic E-state index is 10.9. The van der Waals surface area contributed by atoms with Crippen LogP contribution in [0.25, 0.3) is 11.2 Å². The lowest BCUT2D eigenvalue weighted by Gasteiger charge is -2.07. The average Bonchev–Trinajstić information content (AvgIpc) is 2.73. The molecule has 0 aromatic carbocycles. The topological polar surface area (TPSA) is 97.1 Å². The van der Waals surface area contributed by atoms with Gasteiger partial charge in [0.15, 0.2) is 10.8 Å². The number of carboxylic acid groups (broad SMARTS) is 1. The average molecular weight is 329 g/mol. The number of nitrogens with zero attached hydrogens (tertiary/aromatic N) is 3. The van der Waals surface area contributed by atoms with Crippen LogP contribution in [-0.4, -0.2) is 43.8 Å². The fourth-order valence-corrected chi connectivity index (χ4v) is 2.65. The molecule has 2 aromatic heterocycles. The van der Waals surface area contributed by atoms with E-state index in [0.29, 0.717) is 34.4 Å². The van der Waals surface area contributed by atoms with E-state index < -0.39 is 5.97 Å². The monoisotopic (exact) mass is 328 g/mol. The summed E-state index contributed by atoms with van der Waals surface area (Å²) < 4.78 is 1.77. The predicted molar refractivity (Wildman–Crippen MR) is 79.6 cm³/mol. The van der Waals surface area contributed by atoms with Crippen LogP contribution in [0, 0.1) is 0 Å². The Balaban J connectivity index is 2.29. The van der Waals surface area contributed by atoms with Crippen molar-refractivity contribution in [3.8, 4) is 0 Å². The third kappa shape index (κ3) is 4.08. The molecule has 0 aliphatic carbocycles. The molecule has 0 aliphatic heterocycles. The van der Waals surface area contributed by atoms with Gasteiger partial charge in [-0.15, -0.1) is 0 Å². The Morgan fingerprint density at radius 1 is 1.52 bits per heavy atom. The maximum Gasteiger partial charge on any atom is 0.313 e. The van der Waals surface area contributed by atoms with Crippen molar-refractivity contribution in [3.63, 3.8) is 0 Å². The smallest absolute Gasteiger partial charge is 0.313 e. The van der Waals surface area contributed by atoms with Crippen LogP contribution < -0.4 is 5.32 Å². The van der Waals surface area contributed by atoms with E-state index in [2.05, 4.69) is 15.3 Å². The first kappa shape index (κ1) is 15.6. The lowest BCUT2D eigenvalue weighted by molar-refractivity contribution is -0.133. The number of rotatable bonds is 6. The number of hydrogen-bond donors (Lipinski definition) is 2. The highest BCUT2D eigenvalue weighted by Gasteiger charge is 2.14. The minimum absolute atomic E-state index is 0.100. The summed E-state index contributed by atoms with van der Waals surface area (Å²) in [7, 11) is 0. The van der Waals surface area contributed by atoms with Gasteiger partial charge in [0.05, 0.1) is 10.8 Å². The number of carbonyl (C=O) groups excluding carboxylic acids is 1. The van der Waals surface area contributed by atoms with Crippen molar-refractivity contribution in [2.45, 2.75) is 18.6 Å². The van der Waals surface area contributed by atoms with Crippen LogP contribution in [0.2, 0.25) is 5.02 Å². The molecule has 2 heterocycles. The van der Waals surface area contributed by atoms with E-state index in [9.17, 15) is 9.59 Å². The van der Waals surface area contributed by atoms with E-state index in [4.69, 9.17) is 16.7 Å². The van der Waals surface area contributed by atoms with Gasteiger partial charge >= 0.3 is 5.97 Å². The van der Waals surface area contributed by atoms with E-state index in [1.54, 1.807) is 10.6 Å². The molecule has 21 heavy (non-hydrogen) atoms. The number of thioether (sulfide) groups is 1. The van der Waals surface area contributed by atoms with E-state index in [0.717, 1.165) is 11.8 Å². The van der Waals surface area contributed by atoms with Crippen LogP contribution in [0.15, 0.2) is 17.4 Å². The molecule has 0 spiro atoms. The molecule has 2 N–H and O–H groups in total. The molecule has 1 amide bonds. The number of hydrogen-bond acceptors (Lipinski definition) is 5. The Labute approximate surface area is 129 Å². The molecular weight excluding hydrogens is 316 g/mol. The lowest BCUT2D eigenvalue weighted by Crippen LogP contribution is -2.24. The normalized spacial score (nSPS) is 10.8. The Bertz CT molecular complexity index is 688. The number of aromatic nitrogens is 3. The van der Waals surface area contributed by atoms with Gasteiger partial charge in [-0.25, -0.2) is 9.97 Å². The summed E-state index contributed by atoms with van der Waals surface area (Å²) in [5.74, 6) is -1.15. The number of carbonyl (C=O) groups is 2. The number of amides is 1. The summed E-state index contributed by atoms with van der Waals surface area (Å²) in [4.78, 5) is 30.2. The van der Waals surface area contributed by atoms with Crippen LogP contribution in [0.5, 0.6) is 0 Å². The first-order valence-corrected chi connectivity index (χ1v) is 7.44. The first-order chi connectivity index (χ1) is 9.97. The van der Waals surface area contributed by atoms with E-state index >= 15 is 0 Å². The second-order valence-electron chi connectivity index (χ2n) is 4.21. The maximum atomic E-state index is 10.9. The van der Waals surface area contributed by atoms with Crippen LogP contribution in [0.4, 0.5) is 0 Å². The standard InChI is InChI=1S/C12H13ClN4O3S/c1-7(18)14-2-3-17-11-9(4-8(13)5-15-11)16-12(17)21-6-10(19)20/h4-5H,2-3,6H2,1H3,(H,14,18)(H,19,20). The van der Waals surface area contributed by atoms with Crippen LogP contribution in [0.1, 0.15) is 6.92 Å². The predicted octanol–water partition coefficient (Wildman–Crippen LogP) is 1.40. The van der Waals surface area contributed by atoms with Crippen LogP contribution in [0.3, 0.4) is 0 Å². The van der Waals surface area contributed by atoms with Gasteiger partial charge in [-0.3, -0.25) is 9.59 Å². The number of aliphatic carboxylic acids is 1. The highest BCUT2D eigenvalue weighted by Crippen LogP contribution is 2.24. The molecule has 0 aliphatic rings. The van der Waals surface area contributed by atoms with E-state index in [-0.39, 0.29) is 11.7 Å². The van der Waals surface area contributed by atoms with Crippen molar-refractivity contribution < 1.29 is 14.7 Å². The van der Waals surface area contributed by atoms with Crippen molar-refractivity contribution in [3.05, 3.63) is 17.3 Å². The van der Waals surface area contributed by atoms with Crippen LogP contribution >= 0.6 is 23.4 Å². The highest BCUT2D eigenvalue weighted by molar-refractivity contribution is 7.99. The number of pyridine rings is 1. The quantitative estimate of drug-likeness (QED) is 0.778. The number of fused-ring (bicyclic) bond motifs is 1. The van der Waals surface area contributed by atoms with Gasteiger partial charge in [0.25, 0.3) is 0 Å². The fraction of sp³-hybridized carbons (Fsp3) is 0.333. The fourth-order valence-electron chi connectivity index (χ4n) is 1.75. The molecule has 0 fully saturated rings. The SMILES string of the molecule is CC(=O)NCCn1c(SCC(=O)O)nc2cc(Cl)cnc21. The summed E-state index contributed by atoms with van der Waals surface area (Å²) >= 11 is 6.99. The zero-order valence-corrected chi connectivity index (χ0v) is 12.7. The zero-order chi connectivity index (χ0) is 15.4. The van der Waals surface area contributed by atoms with E-state index in [1.165, 1.54) is 13.1 Å². The second-order valence-corrected chi connectivity index (χ2v) is 5.59. The third-order valence-electron chi connectivity index (χ3n) is 2.55. The van der Waals surface area contributed by atoms with Crippen molar-refractivity contribution in [2.75, 3.05) is 12.3 Å². The van der Waals surface area contributed by atoms with Crippen molar-refractivity contribution in [1.82, 2.24) is 19.9 Å². The van der Waals surface area contributed by atoms with Crippen molar-refractivity contribution >= 4 is 46.4 Å². The first-order valence-electron chi connectivity index (χ1n) is 6.08. The Morgan fingerprint density at radius 2 is 2.29 bits per heavy atom. The second kappa shape index (κ2) is 6.77. The summed E-state index contributed by atoms with van der Waals surface area (Å²) in [6.45, 7) is 2.29. The molecular formula is C12H13ClN4O3S. The number of nitrogens with one attached hydrogen (secondary N) is 1. The molecule has 0 bridgehead atoms. The van der Waals surface area contributed by atoms with Gasteiger partial charge in [-0.2, -0.15) is 0 Å². The molecule has 9 heteroatoms. The Hall–Kier alpha value is -1.80. The molecule has 0 saturated heterocycles. The summed E-state index contributed by atoms with van der Waals surface area (Å²) in [6.07, 6.45) is 1.51. The number of imidazole rings is 1. The Morgan fingerprint density at radius 3 is 2.95 bits per heavy atom. The third-order valence-corrected chi connectivity index (χ3v) is 3.72. The number of carboxylic acids is 1. The van der Waals surface area contributed by atoms with Gasteiger partial charge in [0, 0.05) is 26.2 Å².